The number of hydrogen-bond acceptors (Lipinski definition) is 2. The number of para-hydroxylation sites is 1. The van der Waals surface area contributed by atoms with Crippen LogP contribution in [0.5, 0.6) is 0 Å². The molecule has 0 spiro atoms. The van der Waals surface area contributed by atoms with Gasteiger partial charge in [-0.05, 0) is 34.5 Å². The van der Waals surface area contributed by atoms with Gasteiger partial charge in [0, 0.05) is 36.8 Å². The van der Waals surface area contributed by atoms with Gasteiger partial charge in [0.05, 0.1) is 5.69 Å². The summed E-state index contributed by atoms with van der Waals surface area (Å²) in [5.74, 6) is 0. The molecule has 0 aromatic heterocycles. The third-order valence-corrected chi connectivity index (χ3v) is 5.56. The van der Waals surface area contributed by atoms with Crippen LogP contribution in [0.1, 0.15) is 25.8 Å². The smallest absolute Gasteiger partial charge is 0.0625 e. The van der Waals surface area contributed by atoms with Crippen LogP contribution in [0.25, 0.3) is 10.8 Å². The van der Waals surface area contributed by atoms with Crippen LogP contribution in [0, 0.1) is 0 Å². The summed E-state index contributed by atoms with van der Waals surface area (Å²) in [7, 11) is 2.21. The Bertz CT molecular complexity index is 925. The maximum Gasteiger partial charge on any atom is 0.0625 e. The monoisotopic (exact) mass is 328 g/mol. The van der Waals surface area contributed by atoms with Gasteiger partial charge in [-0.2, -0.15) is 0 Å². The minimum absolute atomic E-state index is 0.0770. The highest BCUT2D eigenvalue weighted by atomic mass is 15.2. The third kappa shape index (κ3) is 2.62. The predicted octanol–water partition coefficient (Wildman–Crippen LogP) is 5.73. The van der Waals surface area contributed by atoms with Crippen molar-refractivity contribution in [1.82, 2.24) is 0 Å². The molecule has 126 valence electrons. The highest BCUT2D eigenvalue weighted by molar-refractivity contribution is 5.93. The summed E-state index contributed by atoms with van der Waals surface area (Å²) in [6.07, 6.45) is 3.01. The highest BCUT2D eigenvalue weighted by Gasteiger charge is 2.43. The fourth-order valence-corrected chi connectivity index (χ4v) is 4.27. The van der Waals surface area contributed by atoms with Gasteiger partial charge in [-0.25, -0.2) is 0 Å². The van der Waals surface area contributed by atoms with Crippen molar-refractivity contribution in [3.63, 3.8) is 0 Å². The van der Waals surface area contributed by atoms with Gasteiger partial charge in [0.25, 0.3) is 0 Å². The van der Waals surface area contributed by atoms with E-state index in [0.29, 0.717) is 6.04 Å². The minimum atomic E-state index is 0.0770. The predicted molar refractivity (Wildman–Crippen MR) is 108 cm³/mol. The molecule has 1 aliphatic heterocycles. The molecule has 1 atom stereocenters. The Morgan fingerprint density at radius 1 is 0.960 bits per heavy atom. The van der Waals surface area contributed by atoms with E-state index in [4.69, 9.17) is 0 Å². The van der Waals surface area contributed by atoms with Gasteiger partial charge >= 0.3 is 0 Å². The Morgan fingerprint density at radius 3 is 2.48 bits per heavy atom. The molecule has 1 aliphatic rings. The van der Waals surface area contributed by atoms with E-state index >= 15 is 0 Å². The Labute approximate surface area is 149 Å². The van der Waals surface area contributed by atoms with E-state index in [1.54, 1.807) is 0 Å². The summed E-state index contributed by atoms with van der Waals surface area (Å²) in [5, 5.41) is 2.70. The molecule has 0 amide bonds. The molecule has 0 bridgehead atoms. The summed E-state index contributed by atoms with van der Waals surface area (Å²) in [6, 6.07) is 23.8. The lowest BCUT2D eigenvalue weighted by Crippen LogP contribution is -2.39. The second kappa shape index (κ2) is 6.03. The Balaban J connectivity index is 1.69. The molecule has 1 unspecified atom stereocenters. The molecule has 1 heterocycles. The van der Waals surface area contributed by atoms with Crippen molar-refractivity contribution in [1.29, 1.82) is 0 Å². The van der Waals surface area contributed by atoms with Crippen LogP contribution in [0.15, 0.2) is 71.7 Å². The zero-order chi connectivity index (χ0) is 17.4. The third-order valence-electron chi connectivity index (χ3n) is 5.56. The Morgan fingerprint density at radius 2 is 1.68 bits per heavy atom. The molecule has 3 aromatic carbocycles. The highest BCUT2D eigenvalue weighted by Crippen LogP contribution is 2.48. The first-order valence-electron chi connectivity index (χ1n) is 8.91. The van der Waals surface area contributed by atoms with Crippen molar-refractivity contribution in [2.75, 3.05) is 11.9 Å². The maximum atomic E-state index is 4.64. The summed E-state index contributed by atoms with van der Waals surface area (Å²) < 4.78 is 0. The first-order chi connectivity index (χ1) is 12.1. The molecule has 0 saturated heterocycles. The van der Waals surface area contributed by atoms with Gasteiger partial charge in [-0.3, -0.25) is 4.99 Å². The zero-order valence-corrected chi connectivity index (χ0v) is 15.1. The minimum Gasteiger partial charge on any atom is -0.370 e. The molecule has 0 radical (unpaired) electrons. The second-order valence-electron chi connectivity index (χ2n) is 7.41. The topological polar surface area (TPSA) is 15.6 Å². The average molecular weight is 328 g/mol. The Kier molecular flexibility index (Phi) is 3.84. The fraction of sp³-hybridized carbons (Fsp3) is 0.261. The molecule has 4 rings (SSSR count). The number of hydrogen-bond donors (Lipinski definition) is 0. The van der Waals surface area contributed by atoms with E-state index in [1.165, 1.54) is 22.0 Å². The lowest BCUT2D eigenvalue weighted by Gasteiger charge is -2.31. The van der Waals surface area contributed by atoms with Crippen molar-refractivity contribution < 1.29 is 0 Å². The molecule has 2 nitrogen and oxygen atoms in total. The normalized spacial score (nSPS) is 18.8. The number of nitrogens with zero attached hydrogens (tertiary/aromatic N) is 2. The van der Waals surface area contributed by atoms with Gasteiger partial charge < -0.3 is 4.90 Å². The van der Waals surface area contributed by atoms with Crippen molar-refractivity contribution in [3.05, 3.63) is 72.3 Å². The van der Waals surface area contributed by atoms with Gasteiger partial charge in [-0.1, -0.05) is 62.4 Å². The van der Waals surface area contributed by atoms with Crippen molar-refractivity contribution >= 4 is 28.4 Å². The summed E-state index contributed by atoms with van der Waals surface area (Å²) in [5.41, 5.74) is 3.91. The van der Waals surface area contributed by atoms with Gasteiger partial charge in [0.2, 0.25) is 0 Å². The number of fused-ring (bicyclic) bond motifs is 3. The molecule has 0 saturated carbocycles. The van der Waals surface area contributed by atoms with Gasteiger partial charge in [0.15, 0.2) is 0 Å². The second-order valence-corrected chi connectivity index (χ2v) is 7.41. The fourth-order valence-electron chi connectivity index (χ4n) is 4.27. The first kappa shape index (κ1) is 15.9. The summed E-state index contributed by atoms with van der Waals surface area (Å²) in [6.45, 7) is 4.73. The van der Waals surface area contributed by atoms with Crippen molar-refractivity contribution in [3.8, 4) is 0 Å². The number of aliphatic imine (C=N–C) groups is 1. The van der Waals surface area contributed by atoms with Crippen LogP contribution in [0.2, 0.25) is 0 Å². The van der Waals surface area contributed by atoms with Crippen LogP contribution in [0.4, 0.5) is 11.4 Å². The molecular weight excluding hydrogens is 304 g/mol. The number of likely N-dealkylation sites (N-methyl/N-ethyl adjacent to an activating group) is 1. The molecule has 0 N–H and O–H groups in total. The number of anilines is 1. The molecular formula is C23H24N2. The average Bonchev–Trinajstić information content (AvgIpc) is 2.83. The number of benzene rings is 3. The van der Waals surface area contributed by atoms with Gasteiger partial charge in [-0.15, -0.1) is 0 Å². The maximum absolute atomic E-state index is 4.64. The molecule has 0 fully saturated rings. The van der Waals surface area contributed by atoms with E-state index in [-0.39, 0.29) is 5.41 Å². The SMILES string of the molecule is CN1c2ccc3ccccc3c2C(C)(C)C1CC=Nc1ccccc1. The quantitative estimate of drug-likeness (QED) is 0.561. The van der Waals surface area contributed by atoms with E-state index in [2.05, 4.69) is 73.4 Å². The van der Waals surface area contributed by atoms with Crippen LogP contribution in [-0.4, -0.2) is 19.3 Å². The Hall–Kier alpha value is -2.61. The molecule has 3 aromatic rings. The summed E-state index contributed by atoms with van der Waals surface area (Å²) >= 11 is 0. The lowest BCUT2D eigenvalue weighted by molar-refractivity contribution is 0.441. The van der Waals surface area contributed by atoms with Crippen LogP contribution < -0.4 is 4.90 Å². The van der Waals surface area contributed by atoms with E-state index < -0.39 is 0 Å². The van der Waals surface area contributed by atoms with Crippen LogP contribution in [-0.2, 0) is 5.41 Å². The largest absolute Gasteiger partial charge is 0.370 e. The van der Waals surface area contributed by atoms with E-state index in [1.807, 2.05) is 30.3 Å². The van der Waals surface area contributed by atoms with Crippen LogP contribution in [0.3, 0.4) is 0 Å². The van der Waals surface area contributed by atoms with E-state index in [9.17, 15) is 0 Å². The van der Waals surface area contributed by atoms with Gasteiger partial charge in [0.1, 0.15) is 0 Å². The standard InChI is InChI=1S/C23H24N2/c1-23(2)21(15-16-24-18-10-5-4-6-11-18)25(3)20-14-13-17-9-7-8-12-19(17)22(20)23/h4-14,16,21H,15H2,1-3H3. The first-order valence-corrected chi connectivity index (χ1v) is 8.91. The molecule has 2 heteroatoms. The number of rotatable bonds is 3. The summed E-state index contributed by atoms with van der Waals surface area (Å²) in [4.78, 5) is 7.07. The molecule has 25 heavy (non-hydrogen) atoms. The van der Waals surface area contributed by atoms with E-state index in [0.717, 1.165) is 12.1 Å². The van der Waals surface area contributed by atoms with Crippen LogP contribution >= 0.6 is 0 Å². The van der Waals surface area contributed by atoms with Crippen molar-refractivity contribution in [2.45, 2.75) is 31.7 Å². The lowest BCUT2D eigenvalue weighted by atomic mass is 9.77. The van der Waals surface area contributed by atoms with Crippen molar-refractivity contribution in [2.24, 2.45) is 4.99 Å². The zero-order valence-electron chi connectivity index (χ0n) is 15.1. The molecule has 0 aliphatic carbocycles.